The molecule has 0 bridgehead atoms. The molecule has 6 aromatic carbocycles. The quantitative estimate of drug-likeness (QED) is 0.0388. The lowest BCUT2D eigenvalue weighted by Gasteiger charge is -2.14. The minimum atomic E-state index is -1.39. The number of amides is 2. The van der Waals surface area contributed by atoms with Crippen molar-refractivity contribution >= 4 is 91.8 Å². The number of aryl methyl sites for hydroxylation is 4. The third-order valence-corrected chi connectivity index (χ3v) is 12.5. The largest absolute Gasteiger partial charge is 0.480 e. The Morgan fingerprint density at radius 2 is 0.873 bits per heavy atom. The summed E-state index contributed by atoms with van der Waals surface area (Å²) in [7, 11) is 0. The maximum absolute atomic E-state index is 12.4. The van der Waals surface area contributed by atoms with Crippen molar-refractivity contribution in [3.63, 3.8) is 0 Å². The van der Waals surface area contributed by atoms with Crippen LogP contribution in [0.2, 0.25) is 0 Å². The molecule has 2 heterocycles. The molecule has 0 spiro atoms. The molecule has 406 valence electrons. The number of nitrogens with zero attached hydrogens (tertiary/aromatic N) is 4. The summed E-state index contributed by atoms with van der Waals surface area (Å²) in [5, 5.41) is 44.9. The van der Waals surface area contributed by atoms with E-state index in [2.05, 4.69) is 74.1 Å². The highest BCUT2D eigenvalue weighted by atomic mass is 16.4. The van der Waals surface area contributed by atoms with E-state index in [1.807, 2.05) is 55.5 Å². The molecule has 2 aromatic heterocycles. The van der Waals surface area contributed by atoms with Crippen LogP contribution in [0.1, 0.15) is 74.3 Å². The summed E-state index contributed by atoms with van der Waals surface area (Å²) in [4.78, 5) is 85.5. The second-order valence-electron chi connectivity index (χ2n) is 18.4. The van der Waals surface area contributed by atoms with Gasteiger partial charge in [-0.25, -0.2) is 29.1 Å². The van der Waals surface area contributed by atoms with Gasteiger partial charge in [0.2, 0.25) is 11.9 Å². The van der Waals surface area contributed by atoms with E-state index in [-0.39, 0.29) is 40.2 Å². The van der Waals surface area contributed by atoms with Crippen molar-refractivity contribution in [3.05, 3.63) is 191 Å². The van der Waals surface area contributed by atoms with E-state index >= 15 is 0 Å². The van der Waals surface area contributed by atoms with Gasteiger partial charge in [-0.15, -0.1) is 0 Å². The first-order chi connectivity index (χ1) is 37.5. The van der Waals surface area contributed by atoms with Gasteiger partial charge in [-0.05, 0) is 126 Å². The molecule has 2 amide bonds. The van der Waals surface area contributed by atoms with Gasteiger partial charge in [-0.1, -0.05) is 86.0 Å². The number of nitrogens with two attached hydrogens (primary N) is 5. The highest BCUT2D eigenvalue weighted by Gasteiger charge is 2.25. The smallest absolute Gasteiger partial charge is 0.331 e. The summed E-state index contributed by atoms with van der Waals surface area (Å²) in [6, 6.07) is 36.9. The fraction of sp³-hybridized carbons (Fsp3) is 0.172. The molecule has 79 heavy (non-hydrogen) atoms. The van der Waals surface area contributed by atoms with E-state index in [1.54, 1.807) is 48.5 Å². The van der Waals surface area contributed by atoms with Gasteiger partial charge in [0, 0.05) is 51.9 Å². The van der Waals surface area contributed by atoms with E-state index in [4.69, 9.17) is 38.9 Å². The number of carbonyl (C=O) groups excluding carboxylic acids is 2. The minimum absolute atomic E-state index is 0.115. The molecular formula is C58H59N11O10. The first kappa shape index (κ1) is 58.0. The molecule has 16 N–H and O–H groups in total. The summed E-state index contributed by atoms with van der Waals surface area (Å²) in [5.74, 6) is -5.65. The number of nitrogen functional groups attached to an aromatic ring is 4. The maximum Gasteiger partial charge on any atom is 0.331 e. The van der Waals surface area contributed by atoms with Crippen LogP contribution in [-0.2, 0) is 44.9 Å². The van der Waals surface area contributed by atoms with E-state index in [0.29, 0.717) is 48.4 Å². The fourth-order valence-electron chi connectivity index (χ4n) is 8.01. The Balaban J connectivity index is 0.000000208. The predicted octanol–water partition coefficient (Wildman–Crippen LogP) is 6.45. The normalized spacial score (nSPS) is 11.9. The zero-order valence-corrected chi connectivity index (χ0v) is 42.9. The van der Waals surface area contributed by atoms with Crippen molar-refractivity contribution in [2.75, 3.05) is 22.9 Å². The molecule has 0 saturated carbocycles. The molecule has 0 fully saturated rings. The Bertz CT molecular complexity index is 3410. The van der Waals surface area contributed by atoms with Gasteiger partial charge in [0.1, 0.15) is 23.7 Å². The lowest BCUT2D eigenvalue weighted by molar-refractivity contribution is -0.140. The van der Waals surface area contributed by atoms with E-state index in [9.17, 15) is 39.0 Å². The predicted molar refractivity (Wildman–Crippen MR) is 302 cm³/mol. The summed E-state index contributed by atoms with van der Waals surface area (Å²) in [6.07, 6.45) is 2.01. The first-order valence-electron chi connectivity index (χ1n) is 24.5. The number of aliphatic carboxylic acids is 4. The number of hydrogen-bond donors (Lipinski definition) is 11. The Labute approximate surface area is 452 Å². The second-order valence-corrected chi connectivity index (χ2v) is 18.4. The number of fused-ring (bicyclic) bond motifs is 3. The Morgan fingerprint density at radius 3 is 1.25 bits per heavy atom. The summed E-state index contributed by atoms with van der Waals surface area (Å²) >= 11 is 0. The van der Waals surface area contributed by atoms with Crippen LogP contribution < -0.4 is 39.3 Å². The molecule has 0 aliphatic rings. The number of carboxylic acid groups (broad SMARTS) is 4. The van der Waals surface area contributed by atoms with Crippen molar-refractivity contribution in [2.45, 2.75) is 63.6 Å². The van der Waals surface area contributed by atoms with Crippen LogP contribution in [-0.4, -0.2) is 88.1 Å². The van der Waals surface area contributed by atoms with Crippen LogP contribution in [0.15, 0.2) is 152 Å². The summed E-state index contributed by atoms with van der Waals surface area (Å²) in [6.45, 7) is 8.61. The third-order valence-electron chi connectivity index (χ3n) is 12.5. The van der Waals surface area contributed by atoms with Crippen molar-refractivity contribution < 1.29 is 49.2 Å². The number of anilines is 4. The van der Waals surface area contributed by atoms with Crippen molar-refractivity contribution in [3.8, 4) is 0 Å². The molecule has 21 nitrogen and oxygen atoms in total. The highest BCUT2D eigenvalue weighted by molar-refractivity contribution is 5.98. The molecule has 0 saturated heterocycles. The van der Waals surface area contributed by atoms with E-state index < -0.39 is 60.6 Å². The fourth-order valence-corrected chi connectivity index (χ4v) is 8.01. The van der Waals surface area contributed by atoms with Crippen molar-refractivity contribution in [2.24, 2.45) is 5.73 Å². The zero-order chi connectivity index (χ0) is 57.5. The minimum Gasteiger partial charge on any atom is -0.480 e. The topological polar surface area (TPSA) is 389 Å². The summed E-state index contributed by atoms with van der Waals surface area (Å²) < 4.78 is 0. The van der Waals surface area contributed by atoms with E-state index in [1.165, 1.54) is 16.3 Å². The SMILES string of the molecule is C=C(C[C@H](NC(=O)c1ccc(CCc2ccc3nc(N)nc(N)c3c2)cc1)C(=O)O)C(=O)O.C=C(C[C@H](NC(=O)c1ccc(CCc2ccc3nc(N)nc(N)c3c2)cc1)C(=O)O)C(=O)O.C[C@@H](N)c1ccc2ccccc2c1. The molecule has 0 radical (unpaired) electrons. The number of hydrogen-bond acceptors (Lipinski definition) is 15. The molecule has 21 heteroatoms. The molecule has 0 aliphatic carbocycles. The van der Waals surface area contributed by atoms with Crippen molar-refractivity contribution in [1.82, 2.24) is 30.6 Å². The van der Waals surface area contributed by atoms with Crippen LogP contribution in [0.4, 0.5) is 23.5 Å². The zero-order valence-electron chi connectivity index (χ0n) is 42.9. The maximum atomic E-state index is 12.4. The Morgan fingerprint density at radius 1 is 0.494 bits per heavy atom. The first-order valence-corrected chi connectivity index (χ1v) is 24.5. The number of benzene rings is 6. The van der Waals surface area contributed by atoms with Crippen LogP contribution in [0.3, 0.4) is 0 Å². The van der Waals surface area contributed by atoms with Gasteiger partial charge in [0.15, 0.2) is 0 Å². The third kappa shape index (κ3) is 16.4. The van der Waals surface area contributed by atoms with Crippen LogP contribution in [0, 0.1) is 0 Å². The molecule has 0 unspecified atom stereocenters. The van der Waals surface area contributed by atoms with Gasteiger partial charge in [0.05, 0.1) is 11.0 Å². The Kier molecular flexibility index (Phi) is 19.4. The van der Waals surface area contributed by atoms with Crippen LogP contribution >= 0.6 is 0 Å². The number of aromatic nitrogens is 4. The number of carbonyl (C=O) groups is 6. The Hall–Kier alpha value is -10.3. The lowest BCUT2D eigenvalue weighted by Crippen LogP contribution is -2.41. The second kappa shape index (κ2) is 26.5. The van der Waals surface area contributed by atoms with Gasteiger partial charge < -0.3 is 59.7 Å². The molecule has 3 atom stereocenters. The lowest BCUT2D eigenvalue weighted by atomic mass is 10.0. The standard InChI is InChI=1S/2C23H23N5O5.C12H13N/c2*1-12(21(30)31)10-18(22(32)33)26-20(29)15-7-4-13(5-8-15)2-3-14-6-9-17-16(11-14)19(24)28-23(25)27-17;1-9(13)11-7-6-10-4-2-3-5-12(10)8-11/h2*4-9,11,18H,1-3,10H2,(H,26,29)(H,30,31)(H,32,33)(H4,24,25,27,28);2-9H,13H2,1H3/t2*18-;9-/m001/s1. The average molecular weight is 1070 g/mol. The average Bonchev–Trinajstić information content (AvgIpc) is 3.45. The molecule has 8 aromatic rings. The van der Waals surface area contributed by atoms with Crippen LogP contribution in [0.25, 0.3) is 32.6 Å². The monoisotopic (exact) mass is 1070 g/mol. The van der Waals surface area contributed by atoms with Gasteiger partial charge >= 0.3 is 23.9 Å². The van der Waals surface area contributed by atoms with Gasteiger partial charge in [-0.2, -0.15) is 9.97 Å². The summed E-state index contributed by atoms with van der Waals surface area (Å²) in [5.41, 5.74) is 35.4. The van der Waals surface area contributed by atoms with E-state index in [0.717, 1.165) is 33.0 Å². The molecular weight excluding hydrogens is 1010 g/mol. The number of carboxylic acids is 4. The molecule has 8 rings (SSSR count). The van der Waals surface area contributed by atoms with Crippen molar-refractivity contribution in [1.29, 1.82) is 0 Å². The highest BCUT2D eigenvalue weighted by Crippen LogP contribution is 2.24. The van der Waals surface area contributed by atoms with Gasteiger partial charge in [-0.3, -0.25) is 9.59 Å². The number of rotatable bonds is 19. The molecule has 0 aliphatic heterocycles. The van der Waals surface area contributed by atoms with Crippen LogP contribution in [0.5, 0.6) is 0 Å². The van der Waals surface area contributed by atoms with Gasteiger partial charge in [0.25, 0.3) is 11.8 Å². The number of nitrogens with one attached hydrogen (secondary N) is 2.